The average molecular weight is 341 g/mol. The van der Waals surface area contributed by atoms with Crippen LogP contribution in [0.15, 0.2) is 18.2 Å². The summed E-state index contributed by atoms with van der Waals surface area (Å²) in [7, 11) is 0. The third-order valence-electron chi connectivity index (χ3n) is 3.93. The second kappa shape index (κ2) is 8.19. The Bertz CT molecular complexity index is 604. The Kier molecular flexibility index (Phi) is 6.25. The van der Waals surface area contributed by atoms with Crippen LogP contribution in [-0.4, -0.2) is 41.1 Å². The van der Waals surface area contributed by atoms with E-state index >= 15 is 0 Å². The highest BCUT2D eigenvalue weighted by atomic mass is 19.2. The Morgan fingerprint density at radius 1 is 1.38 bits per heavy atom. The molecule has 0 bridgehead atoms. The quantitative estimate of drug-likeness (QED) is 0.750. The molecule has 0 spiro atoms. The van der Waals surface area contributed by atoms with Gasteiger partial charge in [0.1, 0.15) is 6.10 Å². The first kappa shape index (κ1) is 18.3. The SMILES string of the molecule is C[C@@H](OCC1CC1)C(=O)N(CCC(=O)O)Cc1cccc(F)c1F. The number of carboxylic acid groups (broad SMARTS) is 1. The number of hydrogen-bond acceptors (Lipinski definition) is 3. The predicted molar refractivity (Wildman–Crippen MR) is 82.2 cm³/mol. The standard InChI is InChI=1S/C17H21F2NO4/c1-11(24-10-12-5-6-12)17(23)20(8-7-15(21)22)9-13-3-2-4-14(18)16(13)19/h2-4,11-12H,5-10H2,1H3,(H,21,22)/t11-/m1/s1. The maximum atomic E-state index is 13.8. The van der Waals surface area contributed by atoms with E-state index in [1.54, 1.807) is 6.92 Å². The highest BCUT2D eigenvalue weighted by Crippen LogP contribution is 2.29. The topological polar surface area (TPSA) is 66.8 Å². The summed E-state index contributed by atoms with van der Waals surface area (Å²) in [5.74, 6) is -3.05. The molecule has 0 radical (unpaired) electrons. The van der Waals surface area contributed by atoms with Gasteiger partial charge in [0.25, 0.3) is 5.91 Å². The van der Waals surface area contributed by atoms with Crippen LogP contribution in [0.5, 0.6) is 0 Å². The van der Waals surface area contributed by atoms with Crippen LogP contribution in [0.4, 0.5) is 8.78 Å². The molecule has 7 heteroatoms. The van der Waals surface area contributed by atoms with E-state index in [4.69, 9.17) is 9.84 Å². The van der Waals surface area contributed by atoms with Crippen molar-refractivity contribution in [1.82, 2.24) is 4.90 Å². The zero-order chi connectivity index (χ0) is 17.7. The van der Waals surface area contributed by atoms with E-state index < -0.39 is 29.6 Å². The number of carbonyl (C=O) groups is 2. The fraction of sp³-hybridized carbons (Fsp3) is 0.529. The molecule has 2 rings (SSSR count). The third kappa shape index (κ3) is 5.26. The molecule has 132 valence electrons. The van der Waals surface area contributed by atoms with Crippen molar-refractivity contribution in [3.05, 3.63) is 35.4 Å². The van der Waals surface area contributed by atoms with Crippen LogP contribution >= 0.6 is 0 Å². The molecule has 0 aromatic heterocycles. The number of carbonyl (C=O) groups excluding carboxylic acids is 1. The lowest BCUT2D eigenvalue weighted by Gasteiger charge is -2.25. The zero-order valence-electron chi connectivity index (χ0n) is 13.5. The fourth-order valence-corrected chi connectivity index (χ4v) is 2.27. The first-order valence-electron chi connectivity index (χ1n) is 7.93. The van der Waals surface area contributed by atoms with Gasteiger partial charge >= 0.3 is 5.97 Å². The number of aliphatic carboxylic acids is 1. The van der Waals surface area contributed by atoms with Gasteiger partial charge < -0.3 is 14.7 Å². The van der Waals surface area contributed by atoms with Crippen molar-refractivity contribution in [2.45, 2.75) is 38.8 Å². The Morgan fingerprint density at radius 2 is 2.08 bits per heavy atom. The van der Waals surface area contributed by atoms with Crippen molar-refractivity contribution >= 4 is 11.9 Å². The van der Waals surface area contributed by atoms with E-state index in [9.17, 15) is 18.4 Å². The van der Waals surface area contributed by atoms with Crippen molar-refractivity contribution < 1.29 is 28.2 Å². The summed E-state index contributed by atoms with van der Waals surface area (Å²) >= 11 is 0. The maximum absolute atomic E-state index is 13.8. The summed E-state index contributed by atoms with van der Waals surface area (Å²) in [5.41, 5.74) is 0.00290. The second-order valence-corrected chi connectivity index (χ2v) is 6.04. The zero-order valence-corrected chi connectivity index (χ0v) is 13.5. The number of nitrogens with zero attached hydrogens (tertiary/aromatic N) is 1. The largest absolute Gasteiger partial charge is 0.481 e. The van der Waals surface area contributed by atoms with Crippen LogP contribution in [-0.2, 0) is 20.9 Å². The van der Waals surface area contributed by atoms with E-state index in [1.165, 1.54) is 17.0 Å². The van der Waals surface area contributed by atoms with Gasteiger partial charge in [0.15, 0.2) is 11.6 Å². The summed E-state index contributed by atoms with van der Waals surface area (Å²) < 4.78 is 32.7. The molecule has 1 aromatic carbocycles. The summed E-state index contributed by atoms with van der Waals surface area (Å²) in [6.07, 6.45) is 1.13. The molecule has 1 atom stereocenters. The van der Waals surface area contributed by atoms with E-state index in [1.807, 2.05) is 0 Å². The van der Waals surface area contributed by atoms with Gasteiger partial charge in [-0.05, 0) is 31.7 Å². The minimum Gasteiger partial charge on any atom is -0.481 e. The molecule has 0 unspecified atom stereocenters. The number of hydrogen-bond donors (Lipinski definition) is 1. The highest BCUT2D eigenvalue weighted by Gasteiger charge is 2.27. The molecule has 0 aliphatic heterocycles. The Balaban J connectivity index is 2.05. The van der Waals surface area contributed by atoms with Gasteiger partial charge in [-0.1, -0.05) is 12.1 Å². The van der Waals surface area contributed by atoms with Crippen molar-refractivity contribution in [3.8, 4) is 0 Å². The molecule has 1 fully saturated rings. The van der Waals surface area contributed by atoms with Crippen molar-refractivity contribution in [1.29, 1.82) is 0 Å². The smallest absolute Gasteiger partial charge is 0.305 e. The summed E-state index contributed by atoms with van der Waals surface area (Å²) in [4.78, 5) is 24.5. The highest BCUT2D eigenvalue weighted by molar-refractivity contribution is 5.81. The molecule has 5 nitrogen and oxygen atoms in total. The minimum absolute atomic E-state index is 0.00290. The van der Waals surface area contributed by atoms with Crippen LogP contribution < -0.4 is 0 Å². The Labute approximate surface area is 139 Å². The molecule has 24 heavy (non-hydrogen) atoms. The predicted octanol–water partition coefficient (Wildman–Crippen LogP) is 2.58. The van der Waals surface area contributed by atoms with Crippen LogP contribution in [0.2, 0.25) is 0 Å². The van der Waals surface area contributed by atoms with Gasteiger partial charge in [0.2, 0.25) is 0 Å². The van der Waals surface area contributed by atoms with E-state index in [0.29, 0.717) is 12.5 Å². The summed E-state index contributed by atoms with van der Waals surface area (Å²) in [6, 6.07) is 3.71. The molecule has 1 amide bonds. The fourth-order valence-electron chi connectivity index (χ4n) is 2.27. The Hall–Kier alpha value is -2.02. The van der Waals surface area contributed by atoms with E-state index in [0.717, 1.165) is 18.9 Å². The van der Waals surface area contributed by atoms with Gasteiger partial charge in [-0.3, -0.25) is 9.59 Å². The van der Waals surface area contributed by atoms with Gasteiger partial charge in [-0.2, -0.15) is 0 Å². The van der Waals surface area contributed by atoms with Gasteiger partial charge in [-0.25, -0.2) is 8.78 Å². The van der Waals surface area contributed by atoms with Gasteiger partial charge in [-0.15, -0.1) is 0 Å². The summed E-state index contributed by atoms with van der Waals surface area (Å²) in [6.45, 7) is 1.77. The number of rotatable bonds is 9. The average Bonchev–Trinajstić information content (AvgIpc) is 3.36. The molecule has 0 heterocycles. The number of amides is 1. The molecule has 1 saturated carbocycles. The van der Waals surface area contributed by atoms with Crippen LogP contribution in [0.1, 0.15) is 31.7 Å². The summed E-state index contributed by atoms with van der Waals surface area (Å²) in [5, 5.41) is 8.83. The molecular weight excluding hydrogens is 320 g/mol. The first-order chi connectivity index (χ1) is 11.4. The van der Waals surface area contributed by atoms with E-state index in [2.05, 4.69) is 0 Å². The molecule has 0 saturated heterocycles. The van der Waals surface area contributed by atoms with E-state index in [-0.39, 0.29) is 25.1 Å². The van der Waals surface area contributed by atoms with Crippen LogP contribution in [0, 0.1) is 17.6 Å². The maximum Gasteiger partial charge on any atom is 0.305 e. The van der Waals surface area contributed by atoms with Crippen molar-refractivity contribution in [2.75, 3.05) is 13.2 Å². The van der Waals surface area contributed by atoms with Crippen LogP contribution in [0.3, 0.4) is 0 Å². The molecule has 1 aliphatic carbocycles. The van der Waals surface area contributed by atoms with Gasteiger partial charge in [0.05, 0.1) is 13.0 Å². The van der Waals surface area contributed by atoms with Crippen molar-refractivity contribution in [2.24, 2.45) is 5.92 Å². The molecule has 1 aliphatic rings. The number of ether oxygens (including phenoxy) is 1. The lowest BCUT2D eigenvalue weighted by molar-refractivity contribution is -0.145. The lowest BCUT2D eigenvalue weighted by atomic mass is 10.1. The number of carboxylic acids is 1. The normalized spacial score (nSPS) is 15.1. The monoisotopic (exact) mass is 341 g/mol. The third-order valence-corrected chi connectivity index (χ3v) is 3.93. The van der Waals surface area contributed by atoms with Gasteiger partial charge in [0, 0.05) is 18.7 Å². The Morgan fingerprint density at radius 3 is 2.71 bits per heavy atom. The number of benzene rings is 1. The second-order valence-electron chi connectivity index (χ2n) is 6.04. The molecule has 1 N–H and O–H groups in total. The molecular formula is C17H21F2NO4. The minimum atomic E-state index is -1.07. The number of halogens is 2. The first-order valence-corrected chi connectivity index (χ1v) is 7.93. The van der Waals surface area contributed by atoms with Crippen LogP contribution in [0.25, 0.3) is 0 Å². The molecule has 1 aromatic rings. The van der Waals surface area contributed by atoms with Crippen molar-refractivity contribution in [3.63, 3.8) is 0 Å². The lowest BCUT2D eigenvalue weighted by Crippen LogP contribution is -2.40.